The minimum absolute atomic E-state index is 0.0928. The predicted octanol–water partition coefficient (Wildman–Crippen LogP) is 4.29. The summed E-state index contributed by atoms with van der Waals surface area (Å²) in [6.45, 7) is 19.6. The summed E-state index contributed by atoms with van der Waals surface area (Å²) < 4.78 is 19.0. The van der Waals surface area contributed by atoms with E-state index in [4.69, 9.17) is 14.2 Å². The van der Waals surface area contributed by atoms with Crippen molar-refractivity contribution in [3.8, 4) is 0 Å². The van der Waals surface area contributed by atoms with E-state index in [0.717, 1.165) is 5.56 Å². The normalized spacial score (nSPS) is 15.2. The summed E-state index contributed by atoms with van der Waals surface area (Å²) in [5.41, 5.74) is -0.582. The molecule has 15 nitrogen and oxygen atoms in total. The molecule has 1 aromatic carbocycles. The molecule has 1 aliphatic rings. The summed E-state index contributed by atoms with van der Waals surface area (Å²) in [7, 11) is 0. The van der Waals surface area contributed by atoms with E-state index < -0.39 is 35.1 Å². The molecule has 1 fully saturated rings. The molecular formula is C41H64N7O8+. The van der Waals surface area contributed by atoms with E-state index in [1.807, 2.05) is 47.2 Å². The van der Waals surface area contributed by atoms with Crippen LogP contribution in [0.5, 0.6) is 0 Å². The van der Waals surface area contributed by atoms with Crippen LogP contribution in [0.3, 0.4) is 0 Å². The number of pyridine rings is 1. The van der Waals surface area contributed by atoms with Gasteiger partial charge in [0.25, 0.3) is 5.91 Å². The quantitative estimate of drug-likeness (QED) is 0.280. The largest absolute Gasteiger partial charge is 0.444 e. The highest BCUT2D eigenvalue weighted by molar-refractivity contribution is 5.93. The fourth-order valence-electron chi connectivity index (χ4n) is 5.59. The molecule has 2 aromatic rings. The molecule has 0 unspecified atom stereocenters. The number of hydrogen-bond acceptors (Lipinski definition) is 9. The number of aromatic nitrogens is 1. The van der Waals surface area contributed by atoms with Gasteiger partial charge in [0.2, 0.25) is 5.91 Å². The molecule has 1 aromatic heterocycles. The Morgan fingerprint density at radius 3 is 1.54 bits per heavy atom. The van der Waals surface area contributed by atoms with Crippen LogP contribution in [0.1, 0.15) is 84.7 Å². The van der Waals surface area contributed by atoms with Crippen LogP contribution < -0.4 is 15.2 Å². The molecule has 310 valence electrons. The van der Waals surface area contributed by atoms with Gasteiger partial charge >= 0.3 is 18.3 Å². The summed E-state index contributed by atoms with van der Waals surface area (Å²) in [5.74, 6) is -0.488. The Balaban J connectivity index is 1.64. The lowest BCUT2D eigenvalue weighted by molar-refractivity contribution is -0.688. The van der Waals surface area contributed by atoms with Crippen LogP contribution in [0.2, 0.25) is 0 Å². The van der Waals surface area contributed by atoms with Crippen molar-refractivity contribution in [3.63, 3.8) is 0 Å². The average Bonchev–Trinajstić information content (AvgIpc) is 3.07. The van der Waals surface area contributed by atoms with E-state index in [1.54, 1.807) is 84.4 Å². The Morgan fingerprint density at radius 2 is 1.07 bits per heavy atom. The van der Waals surface area contributed by atoms with Crippen molar-refractivity contribution in [1.29, 1.82) is 0 Å². The molecule has 56 heavy (non-hydrogen) atoms. The van der Waals surface area contributed by atoms with Crippen molar-refractivity contribution >= 4 is 30.1 Å². The third-order valence-electron chi connectivity index (χ3n) is 8.32. The summed E-state index contributed by atoms with van der Waals surface area (Å²) in [5, 5.41) is 5.76. The summed E-state index contributed by atoms with van der Waals surface area (Å²) in [4.78, 5) is 72.3. The van der Waals surface area contributed by atoms with Gasteiger partial charge in [-0.25, -0.2) is 14.4 Å². The van der Waals surface area contributed by atoms with E-state index in [9.17, 15) is 24.0 Å². The summed E-state index contributed by atoms with van der Waals surface area (Å²) >= 11 is 0. The molecule has 1 saturated heterocycles. The highest BCUT2D eigenvalue weighted by Crippen LogP contribution is 2.15. The van der Waals surface area contributed by atoms with Crippen LogP contribution in [-0.2, 0) is 25.5 Å². The van der Waals surface area contributed by atoms with Crippen molar-refractivity contribution in [1.82, 2.24) is 30.2 Å². The number of hydrogen-bond donors (Lipinski definition) is 2. The molecule has 0 saturated carbocycles. The summed E-state index contributed by atoms with van der Waals surface area (Å²) in [6, 6.07) is 13.5. The molecule has 0 bridgehead atoms. The highest BCUT2D eigenvalue weighted by Gasteiger charge is 2.29. The number of nitrogens with zero attached hydrogens (tertiary/aromatic N) is 5. The number of benzene rings is 1. The minimum Gasteiger partial charge on any atom is -0.444 e. The number of ether oxygens (including phenoxy) is 3. The van der Waals surface area contributed by atoms with Gasteiger partial charge < -0.3 is 39.5 Å². The minimum atomic E-state index is -0.741. The Hall–Kier alpha value is -4.92. The van der Waals surface area contributed by atoms with Gasteiger partial charge in [-0.1, -0.05) is 30.3 Å². The maximum atomic E-state index is 13.3. The van der Waals surface area contributed by atoms with Gasteiger partial charge in [-0.2, -0.15) is 4.57 Å². The Kier molecular flexibility index (Phi) is 16.9. The van der Waals surface area contributed by atoms with Crippen LogP contribution in [0, 0.1) is 0 Å². The van der Waals surface area contributed by atoms with Gasteiger partial charge in [-0.15, -0.1) is 0 Å². The molecule has 2 N–H and O–H groups in total. The van der Waals surface area contributed by atoms with Crippen LogP contribution in [-0.4, -0.2) is 138 Å². The van der Waals surface area contributed by atoms with Gasteiger partial charge in [0.05, 0.1) is 0 Å². The first-order valence-corrected chi connectivity index (χ1v) is 19.4. The topological polar surface area (TPSA) is 154 Å². The van der Waals surface area contributed by atoms with Gasteiger partial charge in [-0.05, 0) is 68.4 Å². The Bertz CT molecular complexity index is 1560. The second-order valence-electron chi connectivity index (χ2n) is 16.9. The van der Waals surface area contributed by atoms with Gasteiger partial charge in [0.1, 0.15) is 22.4 Å². The lowest BCUT2D eigenvalue weighted by Gasteiger charge is -2.35. The molecule has 0 radical (unpaired) electrons. The third kappa shape index (κ3) is 17.7. The molecule has 3 rings (SSSR count). The Labute approximate surface area is 332 Å². The Morgan fingerprint density at radius 1 is 0.607 bits per heavy atom. The molecule has 15 heteroatoms. The highest BCUT2D eigenvalue weighted by atomic mass is 16.6. The number of carbonyl (C=O) groups excluding carboxylic acids is 5. The van der Waals surface area contributed by atoms with Crippen LogP contribution in [0.25, 0.3) is 0 Å². The van der Waals surface area contributed by atoms with Crippen molar-refractivity contribution in [2.75, 3.05) is 72.0 Å². The smallest absolute Gasteiger partial charge is 0.410 e. The second kappa shape index (κ2) is 20.8. The zero-order valence-electron chi connectivity index (χ0n) is 34.9. The second-order valence-corrected chi connectivity index (χ2v) is 16.9. The zero-order chi connectivity index (χ0) is 41.5. The third-order valence-corrected chi connectivity index (χ3v) is 8.32. The maximum Gasteiger partial charge on any atom is 0.410 e. The van der Waals surface area contributed by atoms with Crippen molar-refractivity contribution < 1.29 is 42.8 Å². The molecule has 0 aliphatic carbocycles. The van der Waals surface area contributed by atoms with Crippen molar-refractivity contribution in [2.45, 2.75) is 92.1 Å². The zero-order valence-corrected chi connectivity index (χ0v) is 34.9. The number of carbonyl (C=O) groups is 5. The molecule has 5 amide bonds. The van der Waals surface area contributed by atoms with E-state index >= 15 is 0 Å². The van der Waals surface area contributed by atoms with Gasteiger partial charge in [-0.3, -0.25) is 14.5 Å². The lowest BCUT2D eigenvalue weighted by Crippen LogP contribution is -2.52. The lowest BCUT2D eigenvalue weighted by atomic mass is 10.2. The average molecular weight is 783 g/mol. The number of nitrogens with one attached hydrogen (secondary N) is 2. The van der Waals surface area contributed by atoms with E-state index in [0.29, 0.717) is 38.3 Å². The number of amides is 5. The SMILES string of the molecule is CC(C)(C)OC(=O)N1CCN(CCNC(=O)CCNC(=O)c2ccc[n+](Cc3ccccc3)c2)CCN(C(=O)OC(C)(C)C)CCN(C(=O)OC(C)(C)C)CC1. The van der Waals surface area contributed by atoms with Crippen LogP contribution >= 0.6 is 0 Å². The predicted molar refractivity (Wildman–Crippen MR) is 212 cm³/mol. The van der Waals surface area contributed by atoms with Gasteiger partial charge in [0.15, 0.2) is 18.9 Å². The maximum absolute atomic E-state index is 13.3. The molecule has 2 heterocycles. The number of rotatable bonds is 9. The molecular weight excluding hydrogens is 718 g/mol. The van der Waals surface area contributed by atoms with Crippen molar-refractivity contribution in [3.05, 3.63) is 66.0 Å². The standard InChI is InChI=1S/C41H63N7O8/c1-39(2,3)54-36(51)46-24-22-44(23-25-47(37(52)55-40(4,5)6)27-29-48(28-26-46)38(53)56-41(7,8)9)21-19-42-34(49)17-18-43-35(50)33-16-13-20-45(31-33)30-32-14-11-10-12-15-32/h10-16,20,31H,17-19,21-30H2,1-9H3,(H-,42,43,49,50)/p+1. The van der Waals surface area contributed by atoms with Crippen LogP contribution in [0.4, 0.5) is 14.4 Å². The first-order chi connectivity index (χ1) is 26.2. The van der Waals surface area contributed by atoms with Gasteiger partial charge in [0, 0.05) is 90.0 Å². The summed E-state index contributed by atoms with van der Waals surface area (Å²) in [6.07, 6.45) is 2.21. The molecule has 1 aliphatic heterocycles. The van der Waals surface area contributed by atoms with Crippen LogP contribution in [0.15, 0.2) is 54.9 Å². The molecule has 0 spiro atoms. The monoisotopic (exact) mass is 782 g/mol. The van der Waals surface area contributed by atoms with Crippen molar-refractivity contribution in [2.24, 2.45) is 0 Å². The van der Waals surface area contributed by atoms with E-state index in [-0.39, 0.29) is 64.0 Å². The fraction of sp³-hybridized carbons (Fsp3) is 0.610. The van der Waals surface area contributed by atoms with E-state index in [1.165, 1.54) is 4.90 Å². The van der Waals surface area contributed by atoms with E-state index in [2.05, 4.69) is 15.5 Å². The first kappa shape index (κ1) is 45.5. The fourth-order valence-corrected chi connectivity index (χ4v) is 5.59. The first-order valence-electron chi connectivity index (χ1n) is 19.4. The molecule has 0 atom stereocenters.